The van der Waals surface area contributed by atoms with Crippen LogP contribution in [0.1, 0.15) is 24.6 Å². The molecule has 1 saturated heterocycles. The first kappa shape index (κ1) is 9.59. The van der Waals surface area contributed by atoms with Gasteiger partial charge in [0.15, 0.2) is 11.5 Å². The van der Waals surface area contributed by atoms with Gasteiger partial charge in [-0.25, -0.2) is 9.50 Å². The van der Waals surface area contributed by atoms with Crippen LogP contribution in [0.2, 0.25) is 0 Å². The first-order valence-electron chi connectivity index (χ1n) is 5.66. The van der Waals surface area contributed by atoms with Crippen molar-refractivity contribution in [3.63, 3.8) is 0 Å². The van der Waals surface area contributed by atoms with Crippen LogP contribution in [0.4, 0.5) is 5.69 Å². The fourth-order valence-corrected chi connectivity index (χ4v) is 2.19. The van der Waals surface area contributed by atoms with Gasteiger partial charge in [0.2, 0.25) is 0 Å². The predicted molar refractivity (Wildman–Crippen MR) is 62.2 cm³/mol. The van der Waals surface area contributed by atoms with Gasteiger partial charge in [-0.2, -0.15) is 5.10 Å². The Kier molecular flexibility index (Phi) is 2.25. The average Bonchev–Trinajstić information content (AvgIpc) is 2.76. The molecule has 0 spiro atoms. The van der Waals surface area contributed by atoms with Crippen molar-refractivity contribution in [2.24, 2.45) is 0 Å². The third-order valence-electron chi connectivity index (χ3n) is 3.07. The Balaban J connectivity index is 2.01. The summed E-state index contributed by atoms with van der Waals surface area (Å²) in [6.07, 6.45) is 4.23. The van der Waals surface area contributed by atoms with E-state index in [0.29, 0.717) is 11.6 Å². The van der Waals surface area contributed by atoms with Crippen LogP contribution in [0, 0.1) is 0 Å². The Morgan fingerprint density at radius 2 is 2.44 bits per heavy atom. The summed E-state index contributed by atoms with van der Waals surface area (Å²) < 4.78 is 1.76. The summed E-state index contributed by atoms with van der Waals surface area (Å²) in [5.74, 6) is 1.33. The third kappa shape index (κ3) is 1.53. The van der Waals surface area contributed by atoms with E-state index in [2.05, 4.69) is 15.4 Å². The van der Waals surface area contributed by atoms with Gasteiger partial charge in [0.05, 0.1) is 5.69 Å². The van der Waals surface area contributed by atoms with Crippen LogP contribution in [-0.4, -0.2) is 27.7 Å². The molecule has 5 heteroatoms. The fourth-order valence-electron chi connectivity index (χ4n) is 2.19. The smallest absolute Gasteiger partial charge is 0.178 e. The lowest BCUT2D eigenvalue weighted by atomic mass is 9.99. The van der Waals surface area contributed by atoms with Gasteiger partial charge in [-0.1, -0.05) is 0 Å². The largest absolute Gasteiger partial charge is 0.396 e. The second-order valence-electron chi connectivity index (χ2n) is 4.24. The summed E-state index contributed by atoms with van der Waals surface area (Å²) in [6, 6.07) is 3.74. The normalized spacial score (nSPS) is 21.4. The maximum atomic E-state index is 5.86. The molecular formula is C11H15N5. The quantitative estimate of drug-likeness (QED) is 0.740. The zero-order valence-corrected chi connectivity index (χ0v) is 9.06. The molecule has 0 radical (unpaired) electrons. The predicted octanol–water partition coefficient (Wildman–Crippen LogP) is 0.778. The molecule has 0 amide bonds. The number of nitrogens with two attached hydrogens (primary N) is 1. The number of hydrogen-bond acceptors (Lipinski definition) is 4. The van der Waals surface area contributed by atoms with Crippen LogP contribution >= 0.6 is 0 Å². The maximum absolute atomic E-state index is 5.86. The van der Waals surface area contributed by atoms with Gasteiger partial charge >= 0.3 is 0 Å². The number of aromatic nitrogens is 3. The van der Waals surface area contributed by atoms with Gasteiger partial charge < -0.3 is 11.1 Å². The Hall–Kier alpha value is -1.62. The van der Waals surface area contributed by atoms with Gasteiger partial charge in [-0.05, 0) is 31.5 Å². The highest BCUT2D eigenvalue weighted by molar-refractivity contribution is 5.63. The highest BCUT2D eigenvalue weighted by atomic mass is 15.3. The maximum Gasteiger partial charge on any atom is 0.178 e. The van der Waals surface area contributed by atoms with Crippen molar-refractivity contribution in [1.29, 1.82) is 0 Å². The SMILES string of the molecule is Nc1cccn2nc(C3CCCNC3)nc12. The minimum Gasteiger partial charge on any atom is -0.396 e. The van der Waals surface area contributed by atoms with Crippen molar-refractivity contribution < 1.29 is 0 Å². The Morgan fingerprint density at radius 3 is 3.19 bits per heavy atom. The van der Waals surface area contributed by atoms with E-state index < -0.39 is 0 Å². The van der Waals surface area contributed by atoms with E-state index in [-0.39, 0.29) is 0 Å². The second-order valence-corrected chi connectivity index (χ2v) is 4.24. The first-order chi connectivity index (χ1) is 7.84. The van der Waals surface area contributed by atoms with Crippen molar-refractivity contribution in [2.75, 3.05) is 18.8 Å². The number of fused-ring (bicyclic) bond motifs is 1. The molecule has 16 heavy (non-hydrogen) atoms. The Bertz CT molecular complexity index is 498. The third-order valence-corrected chi connectivity index (χ3v) is 3.07. The number of nitrogens with one attached hydrogen (secondary N) is 1. The molecule has 1 unspecified atom stereocenters. The molecule has 5 nitrogen and oxygen atoms in total. The lowest BCUT2D eigenvalue weighted by Gasteiger charge is -2.19. The molecule has 3 heterocycles. The van der Waals surface area contributed by atoms with Gasteiger partial charge in [-0.3, -0.25) is 0 Å². The van der Waals surface area contributed by atoms with Crippen LogP contribution in [0.15, 0.2) is 18.3 Å². The first-order valence-corrected chi connectivity index (χ1v) is 5.66. The van der Waals surface area contributed by atoms with E-state index in [9.17, 15) is 0 Å². The van der Waals surface area contributed by atoms with Crippen LogP contribution in [0.3, 0.4) is 0 Å². The number of piperidine rings is 1. The summed E-state index contributed by atoms with van der Waals surface area (Å²) in [7, 11) is 0. The Morgan fingerprint density at radius 1 is 1.50 bits per heavy atom. The zero-order valence-electron chi connectivity index (χ0n) is 9.06. The average molecular weight is 217 g/mol. The monoisotopic (exact) mass is 217 g/mol. The molecule has 2 aromatic heterocycles. The second kappa shape index (κ2) is 3.75. The molecule has 1 atom stereocenters. The van der Waals surface area contributed by atoms with Gasteiger partial charge in [0.1, 0.15) is 0 Å². The van der Waals surface area contributed by atoms with E-state index in [1.54, 1.807) is 4.52 Å². The molecule has 0 saturated carbocycles. The van der Waals surface area contributed by atoms with E-state index in [0.717, 1.165) is 31.0 Å². The van der Waals surface area contributed by atoms with Gasteiger partial charge in [-0.15, -0.1) is 0 Å². The molecule has 2 aromatic rings. The Labute approximate surface area is 93.7 Å². The molecule has 0 bridgehead atoms. The summed E-state index contributed by atoms with van der Waals surface area (Å²) in [5, 5.41) is 7.85. The van der Waals surface area contributed by atoms with Crippen LogP contribution in [0.5, 0.6) is 0 Å². The van der Waals surface area contributed by atoms with Crippen molar-refractivity contribution in [2.45, 2.75) is 18.8 Å². The lowest BCUT2D eigenvalue weighted by molar-refractivity contribution is 0.447. The molecule has 3 rings (SSSR count). The molecule has 0 aliphatic carbocycles. The molecule has 1 aliphatic rings. The summed E-state index contributed by atoms with van der Waals surface area (Å²) in [4.78, 5) is 4.52. The summed E-state index contributed by atoms with van der Waals surface area (Å²) >= 11 is 0. The highest BCUT2D eigenvalue weighted by Gasteiger charge is 2.19. The van der Waals surface area contributed by atoms with Gasteiger partial charge in [0, 0.05) is 18.7 Å². The number of anilines is 1. The minimum atomic E-state index is 0.424. The number of pyridine rings is 1. The van der Waals surface area contributed by atoms with Crippen molar-refractivity contribution in [3.8, 4) is 0 Å². The van der Waals surface area contributed by atoms with E-state index in [1.165, 1.54) is 6.42 Å². The number of rotatable bonds is 1. The molecule has 1 aliphatic heterocycles. The summed E-state index contributed by atoms with van der Waals surface area (Å²) in [5.41, 5.74) is 7.31. The van der Waals surface area contributed by atoms with Crippen LogP contribution in [-0.2, 0) is 0 Å². The van der Waals surface area contributed by atoms with Crippen LogP contribution in [0.25, 0.3) is 5.65 Å². The zero-order chi connectivity index (χ0) is 11.0. The number of nitrogen functional groups attached to an aromatic ring is 1. The van der Waals surface area contributed by atoms with E-state index >= 15 is 0 Å². The molecule has 0 aromatic carbocycles. The highest BCUT2D eigenvalue weighted by Crippen LogP contribution is 2.21. The van der Waals surface area contributed by atoms with E-state index in [4.69, 9.17) is 5.73 Å². The molecular weight excluding hydrogens is 202 g/mol. The molecule has 3 N–H and O–H groups in total. The molecule has 84 valence electrons. The number of nitrogens with zero attached hydrogens (tertiary/aromatic N) is 3. The van der Waals surface area contributed by atoms with Crippen LogP contribution < -0.4 is 11.1 Å². The van der Waals surface area contributed by atoms with Crippen molar-refractivity contribution in [1.82, 2.24) is 19.9 Å². The molecule has 1 fully saturated rings. The topological polar surface area (TPSA) is 68.2 Å². The van der Waals surface area contributed by atoms with Gasteiger partial charge in [0.25, 0.3) is 0 Å². The minimum absolute atomic E-state index is 0.424. The van der Waals surface area contributed by atoms with E-state index in [1.807, 2.05) is 18.3 Å². The van der Waals surface area contributed by atoms with Crippen molar-refractivity contribution in [3.05, 3.63) is 24.2 Å². The van der Waals surface area contributed by atoms with Crippen molar-refractivity contribution >= 4 is 11.3 Å². The summed E-state index contributed by atoms with van der Waals surface area (Å²) in [6.45, 7) is 2.07. The fraction of sp³-hybridized carbons (Fsp3) is 0.455. The standard InChI is InChI=1S/C11H15N5/c12-9-4-2-6-16-11(9)14-10(15-16)8-3-1-5-13-7-8/h2,4,6,8,13H,1,3,5,7,12H2. The lowest BCUT2D eigenvalue weighted by Crippen LogP contribution is -2.28. The number of hydrogen-bond donors (Lipinski definition) is 2.